The number of nitrogens with zero attached hydrogens (tertiary/aromatic N) is 2. The molecule has 2 rings (SSSR count). The predicted molar refractivity (Wildman–Crippen MR) is 97.4 cm³/mol. The summed E-state index contributed by atoms with van der Waals surface area (Å²) >= 11 is -1.47. The molecule has 0 saturated carbocycles. The molecule has 5 nitrogen and oxygen atoms in total. The normalized spacial score (nSPS) is 17.5. The van der Waals surface area contributed by atoms with Crippen molar-refractivity contribution in [3.8, 4) is 0 Å². The second kappa shape index (κ2) is 8.53. The van der Waals surface area contributed by atoms with Gasteiger partial charge in [-0.1, -0.05) is 30.3 Å². The number of hydrogen-bond acceptors (Lipinski definition) is 4. The van der Waals surface area contributed by atoms with Crippen LogP contribution in [-0.2, 0) is 22.5 Å². The topological polar surface area (TPSA) is 65.0 Å². The first-order chi connectivity index (χ1) is 11.4. The molecule has 24 heavy (non-hydrogen) atoms. The number of amides is 1. The van der Waals surface area contributed by atoms with Gasteiger partial charge in [0.25, 0.3) is 5.90 Å². The molecule has 0 bridgehead atoms. The quantitative estimate of drug-likeness (QED) is 0.474. The summed E-state index contributed by atoms with van der Waals surface area (Å²) < 4.78 is 21.5. The van der Waals surface area contributed by atoms with E-state index in [-0.39, 0.29) is 5.90 Å². The zero-order valence-corrected chi connectivity index (χ0v) is 15.5. The summed E-state index contributed by atoms with van der Waals surface area (Å²) in [7, 11) is 0. The molecule has 1 aliphatic rings. The van der Waals surface area contributed by atoms with E-state index in [0.29, 0.717) is 19.5 Å². The van der Waals surface area contributed by atoms with Crippen molar-refractivity contribution in [3.05, 3.63) is 35.9 Å². The Morgan fingerprint density at radius 1 is 1.21 bits per heavy atom. The summed E-state index contributed by atoms with van der Waals surface area (Å²) in [5.41, 5.74) is 0.966. The number of ether oxygens (including phenoxy) is 1. The lowest BCUT2D eigenvalue weighted by atomic mass is 10.1. The molecule has 1 heterocycles. The fraction of sp³-hybridized carbons (Fsp3) is 0.556. The molecule has 132 valence electrons. The van der Waals surface area contributed by atoms with Crippen LogP contribution in [0.3, 0.4) is 0 Å². The van der Waals surface area contributed by atoms with Crippen LogP contribution < -0.4 is 0 Å². The molecule has 1 atom stereocenters. The molecule has 0 N–H and O–H groups in total. The summed E-state index contributed by atoms with van der Waals surface area (Å²) in [6.45, 7) is 6.96. The highest BCUT2D eigenvalue weighted by molar-refractivity contribution is 7.91. The van der Waals surface area contributed by atoms with Crippen LogP contribution in [0.1, 0.15) is 45.6 Å². The third-order valence-corrected chi connectivity index (χ3v) is 5.14. The van der Waals surface area contributed by atoms with E-state index in [1.165, 1.54) is 0 Å². The highest BCUT2D eigenvalue weighted by Crippen LogP contribution is 2.19. The van der Waals surface area contributed by atoms with Gasteiger partial charge in [0.15, 0.2) is 0 Å². The average molecular weight is 350 g/mol. The molecule has 1 unspecified atom stereocenters. The number of likely N-dealkylation sites (tertiary alicyclic amines) is 1. The van der Waals surface area contributed by atoms with E-state index < -0.39 is 22.2 Å². The molecule has 1 aliphatic heterocycles. The molecule has 0 spiro atoms. The van der Waals surface area contributed by atoms with Crippen LogP contribution in [0.2, 0.25) is 0 Å². The van der Waals surface area contributed by atoms with E-state index in [1.54, 1.807) is 4.90 Å². The van der Waals surface area contributed by atoms with Gasteiger partial charge in [0.2, 0.25) is 0 Å². The fourth-order valence-electron chi connectivity index (χ4n) is 2.33. The summed E-state index contributed by atoms with van der Waals surface area (Å²) in [5, 5.41) is 0. The fourth-order valence-corrected chi connectivity index (χ4v) is 2.89. The summed E-state index contributed by atoms with van der Waals surface area (Å²) in [5.74, 6) is 0.213. The van der Waals surface area contributed by atoms with Gasteiger partial charge in [0.05, 0.1) is 6.42 Å². The lowest BCUT2D eigenvalue weighted by Gasteiger charge is -2.26. The molecule has 6 heteroatoms. The first-order valence-electron chi connectivity index (χ1n) is 8.36. The summed E-state index contributed by atoms with van der Waals surface area (Å²) in [6, 6.07) is 9.63. The van der Waals surface area contributed by atoms with Crippen LogP contribution in [-0.4, -0.2) is 39.3 Å². The number of carbonyl (C=O) groups is 1. The third kappa shape index (κ3) is 5.83. The van der Waals surface area contributed by atoms with Crippen LogP contribution in [0.25, 0.3) is 0 Å². The van der Waals surface area contributed by atoms with E-state index in [9.17, 15) is 9.35 Å². The van der Waals surface area contributed by atoms with Crippen LogP contribution in [0, 0.1) is 0 Å². The molecule has 1 aromatic rings. The van der Waals surface area contributed by atoms with Crippen molar-refractivity contribution in [1.29, 1.82) is 0 Å². The number of benzene rings is 1. The molecule has 1 amide bonds. The zero-order valence-electron chi connectivity index (χ0n) is 14.7. The lowest BCUT2D eigenvalue weighted by molar-refractivity contribution is 0.138. The Balaban J connectivity index is 2.12. The average Bonchev–Trinajstić information content (AvgIpc) is 2.55. The van der Waals surface area contributed by atoms with Gasteiger partial charge in [0, 0.05) is 13.1 Å². The Labute approximate surface area is 147 Å². The maximum atomic E-state index is 12.4. The van der Waals surface area contributed by atoms with Gasteiger partial charge in [-0.05, 0) is 50.0 Å². The van der Waals surface area contributed by atoms with Gasteiger partial charge in [-0.25, -0.2) is 4.79 Å². The Morgan fingerprint density at radius 2 is 1.83 bits per heavy atom. The number of carbonyl (C=O) groups excluding carboxylic acids is 1. The van der Waals surface area contributed by atoms with Gasteiger partial charge in [-0.2, -0.15) is 0 Å². The van der Waals surface area contributed by atoms with E-state index in [0.717, 1.165) is 24.8 Å². The second-order valence-electron chi connectivity index (χ2n) is 6.92. The molecule has 1 saturated heterocycles. The number of rotatable bonds is 3. The molecule has 0 aliphatic carbocycles. The van der Waals surface area contributed by atoms with Crippen LogP contribution in [0.5, 0.6) is 0 Å². The first kappa shape index (κ1) is 18.8. The Morgan fingerprint density at radius 3 is 2.42 bits per heavy atom. The van der Waals surface area contributed by atoms with Crippen molar-refractivity contribution < 1.29 is 14.1 Å². The standard InChI is InChI=1S/C18H26N2O3S/c1-18(2,3)24(22)19-16(14-15-10-6-4-7-11-15)23-17(21)20-12-8-5-9-13-20/h4,6-7,10-11H,5,8-9,12-14H2,1-3H3. The maximum Gasteiger partial charge on any atom is 0.416 e. The van der Waals surface area contributed by atoms with Gasteiger partial charge in [-0.3, -0.25) is 0 Å². The summed E-state index contributed by atoms with van der Waals surface area (Å²) in [6.07, 6.45) is 3.09. The van der Waals surface area contributed by atoms with E-state index in [1.807, 2.05) is 51.1 Å². The van der Waals surface area contributed by atoms with Crippen molar-refractivity contribution in [1.82, 2.24) is 4.90 Å². The van der Waals surface area contributed by atoms with Crippen LogP contribution in [0.4, 0.5) is 4.79 Å². The van der Waals surface area contributed by atoms with Crippen molar-refractivity contribution >= 4 is 23.4 Å². The highest BCUT2D eigenvalue weighted by Gasteiger charge is 2.29. The Hall–Kier alpha value is -1.53. The van der Waals surface area contributed by atoms with E-state index in [4.69, 9.17) is 4.74 Å². The number of piperidine rings is 1. The third-order valence-electron chi connectivity index (χ3n) is 3.73. The van der Waals surface area contributed by atoms with Crippen LogP contribution in [0.15, 0.2) is 34.7 Å². The summed E-state index contributed by atoms with van der Waals surface area (Å²) in [4.78, 5) is 14.1. The zero-order chi connectivity index (χ0) is 17.6. The minimum Gasteiger partial charge on any atom is -0.591 e. The van der Waals surface area contributed by atoms with Crippen molar-refractivity contribution in [2.45, 2.75) is 51.2 Å². The van der Waals surface area contributed by atoms with Gasteiger partial charge >= 0.3 is 6.09 Å². The van der Waals surface area contributed by atoms with E-state index in [2.05, 4.69) is 4.40 Å². The largest absolute Gasteiger partial charge is 0.591 e. The molecule has 0 radical (unpaired) electrons. The number of hydrogen-bond donors (Lipinski definition) is 0. The highest BCUT2D eigenvalue weighted by atomic mass is 32.2. The molecule has 1 aromatic carbocycles. The smallest absolute Gasteiger partial charge is 0.416 e. The van der Waals surface area contributed by atoms with Crippen molar-refractivity contribution in [2.24, 2.45) is 4.40 Å². The molecular weight excluding hydrogens is 324 g/mol. The maximum absolute atomic E-state index is 12.4. The lowest BCUT2D eigenvalue weighted by Crippen LogP contribution is -2.38. The SMILES string of the molecule is CC(C)(C)[S+]([O-])N=C(Cc1ccccc1)OC(=O)N1CCCCC1. The van der Waals surface area contributed by atoms with Gasteiger partial charge in [0.1, 0.15) is 16.1 Å². The molecule has 1 fully saturated rings. The molecule has 0 aromatic heterocycles. The van der Waals surface area contributed by atoms with Crippen molar-refractivity contribution in [2.75, 3.05) is 13.1 Å². The second-order valence-corrected chi connectivity index (χ2v) is 8.83. The predicted octanol–water partition coefficient (Wildman–Crippen LogP) is 3.71. The van der Waals surface area contributed by atoms with Gasteiger partial charge < -0.3 is 14.2 Å². The Bertz CT molecular complexity index is 563. The van der Waals surface area contributed by atoms with Crippen molar-refractivity contribution in [3.63, 3.8) is 0 Å². The van der Waals surface area contributed by atoms with Gasteiger partial charge in [-0.15, -0.1) is 0 Å². The van der Waals surface area contributed by atoms with Crippen LogP contribution >= 0.6 is 0 Å². The minimum atomic E-state index is -1.47. The van der Waals surface area contributed by atoms with E-state index >= 15 is 0 Å². The minimum absolute atomic E-state index is 0.213. The monoisotopic (exact) mass is 350 g/mol. The molecular formula is C18H26N2O3S. The first-order valence-corrected chi connectivity index (χ1v) is 9.47. The Kier molecular flexibility index (Phi) is 6.69.